The minimum atomic E-state index is -0.210. The van der Waals surface area contributed by atoms with E-state index in [1.165, 1.54) is 5.56 Å². The largest absolute Gasteiger partial charge is 0.391 e. The first kappa shape index (κ1) is 14.4. The van der Waals surface area contributed by atoms with Gasteiger partial charge in [-0.2, -0.15) is 0 Å². The second-order valence-electron chi connectivity index (χ2n) is 4.44. The fourth-order valence-corrected chi connectivity index (χ4v) is 1.92. The molecule has 0 radical (unpaired) electrons. The molecule has 2 heterocycles. The van der Waals surface area contributed by atoms with Crippen molar-refractivity contribution in [1.29, 1.82) is 0 Å². The Hall–Kier alpha value is -0.680. The molecule has 1 aliphatic rings. The highest BCUT2D eigenvalue weighted by molar-refractivity contribution is 5.85. The van der Waals surface area contributed by atoms with Crippen molar-refractivity contribution in [2.45, 2.75) is 19.6 Å². The number of hydrogen-bond donors (Lipinski definition) is 3. The molecule has 1 aliphatic heterocycles. The number of aromatic nitrogens is 1. The van der Waals surface area contributed by atoms with Crippen LogP contribution in [0.5, 0.6) is 0 Å². The molecule has 0 saturated carbocycles. The van der Waals surface area contributed by atoms with Gasteiger partial charge in [0.1, 0.15) is 0 Å². The van der Waals surface area contributed by atoms with Crippen LogP contribution in [0.2, 0.25) is 0 Å². The summed E-state index contributed by atoms with van der Waals surface area (Å²) in [4.78, 5) is 4.32. The molecular weight excluding hydrogens is 238 g/mol. The van der Waals surface area contributed by atoms with Crippen LogP contribution in [-0.4, -0.2) is 35.8 Å². The summed E-state index contributed by atoms with van der Waals surface area (Å²) in [5, 5.41) is 16.1. The van der Waals surface area contributed by atoms with Crippen molar-refractivity contribution in [2.24, 2.45) is 5.92 Å². The summed E-state index contributed by atoms with van der Waals surface area (Å²) in [5.41, 5.74) is 2.23. The Kier molecular flexibility index (Phi) is 5.85. The van der Waals surface area contributed by atoms with Crippen molar-refractivity contribution in [3.8, 4) is 0 Å². The molecule has 3 N–H and O–H groups in total. The molecule has 0 spiro atoms. The van der Waals surface area contributed by atoms with E-state index in [4.69, 9.17) is 0 Å². The quantitative estimate of drug-likeness (QED) is 0.735. The Morgan fingerprint density at radius 2 is 2.29 bits per heavy atom. The SMILES string of the molecule is Cc1ccc(CNCC2CNCC2O)nc1.Cl. The first-order valence-corrected chi connectivity index (χ1v) is 5.77. The number of rotatable bonds is 4. The first-order valence-electron chi connectivity index (χ1n) is 5.77. The molecular formula is C12H20ClN3O. The van der Waals surface area contributed by atoms with E-state index in [9.17, 15) is 5.11 Å². The van der Waals surface area contributed by atoms with E-state index >= 15 is 0 Å². The normalized spacial score (nSPS) is 23.4. The predicted octanol–water partition coefficient (Wildman–Crippen LogP) is 0.482. The highest BCUT2D eigenvalue weighted by atomic mass is 35.5. The highest BCUT2D eigenvalue weighted by Crippen LogP contribution is 2.07. The number of halogens is 1. The summed E-state index contributed by atoms with van der Waals surface area (Å²) in [5.74, 6) is 0.324. The highest BCUT2D eigenvalue weighted by Gasteiger charge is 2.23. The second-order valence-corrected chi connectivity index (χ2v) is 4.44. The molecule has 4 nitrogen and oxygen atoms in total. The van der Waals surface area contributed by atoms with Crippen molar-refractivity contribution in [2.75, 3.05) is 19.6 Å². The van der Waals surface area contributed by atoms with Gasteiger partial charge in [0.05, 0.1) is 11.8 Å². The summed E-state index contributed by atoms with van der Waals surface area (Å²) in [6, 6.07) is 4.10. The Balaban J connectivity index is 0.00000144. The third-order valence-electron chi connectivity index (χ3n) is 2.99. The van der Waals surface area contributed by atoms with Gasteiger partial charge in [0.2, 0.25) is 0 Å². The molecule has 1 saturated heterocycles. The number of nitrogens with zero attached hydrogens (tertiary/aromatic N) is 1. The summed E-state index contributed by atoms with van der Waals surface area (Å²) >= 11 is 0. The van der Waals surface area contributed by atoms with Gasteiger partial charge in [-0.05, 0) is 18.6 Å². The lowest BCUT2D eigenvalue weighted by molar-refractivity contribution is 0.146. The third-order valence-corrected chi connectivity index (χ3v) is 2.99. The number of hydrogen-bond acceptors (Lipinski definition) is 4. The van der Waals surface area contributed by atoms with E-state index in [1.54, 1.807) is 0 Å². The molecule has 1 aromatic heterocycles. The molecule has 0 amide bonds. The van der Waals surface area contributed by atoms with Crippen molar-refractivity contribution in [3.05, 3.63) is 29.6 Å². The zero-order chi connectivity index (χ0) is 11.4. The third kappa shape index (κ3) is 4.24. The molecule has 2 atom stereocenters. The smallest absolute Gasteiger partial charge is 0.0716 e. The van der Waals surface area contributed by atoms with Gasteiger partial charge in [-0.3, -0.25) is 4.98 Å². The predicted molar refractivity (Wildman–Crippen MR) is 70.3 cm³/mol. The number of β-amino-alcohol motifs (C(OH)–C–C–N with tert-alkyl or cyclic N) is 1. The Morgan fingerprint density at radius 1 is 1.47 bits per heavy atom. The maximum Gasteiger partial charge on any atom is 0.0716 e. The van der Waals surface area contributed by atoms with Gasteiger partial charge in [0.25, 0.3) is 0 Å². The van der Waals surface area contributed by atoms with Crippen LogP contribution < -0.4 is 10.6 Å². The van der Waals surface area contributed by atoms with E-state index in [-0.39, 0.29) is 18.5 Å². The van der Waals surface area contributed by atoms with Crippen LogP contribution in [0.3, 0.4) is 0 Å². The molecule has 5 heteroatoms. The van der Waals surface area contributed by atoms with Crippen LogP contribution >= 0.6 is 12.4 Å². The van der Waals surface area contributed by atoms with Crippen LogP contribution in [0, 0.1) is 12.8 Å². The van der Waals surface area contributed by atoms with E-state index in [0.29, 0.717) is 5.92 Å². The maximum absolute atomic E-state index is 9.60. The van der Waals surface area contributed by atoms with Gasteiger partial charge in [0.15, 0.2) is 0 Å². The molecule has 1 aromatic rings. The lowest BCUT2D eigenvalue weighted by atomic mass is 10.1. The standard InChI is InChI=1S/C12H19N3O.ClH/c1-9-2-3-11(15-4-9)7-13-5-10-6-14-8-12(10)16;/h2-4,10,12-14,16H,5-8H2,1H3;1H. The average molecular weight is 258 g/mol. The Bertz CT molecular complexity index is 331. The first-order chi connectivity index (χ1) is 7.75. The van der Waals surface area contributed by atoms with Crippen molar-refractivity contribution < 1.29 is 5.11 Å². The molecule has 96 valence electrons. The van der Waals surface area contributed by atoms with Gasteiger partial charge in [-0.1, -0.05) is 6.07 Å². The van der Waals surface area contributed by atoms with Crippen molar-refractivity contribution in [3.63, 3.8) is 0 Å². The van der Waals surface area contributed by atoms with E-state index in [2.05, 4.69) is 21.7 Å². The summed E-state index contributed by atoms with van der Waals surface area (Å²) in [6.45, 7) is 5.25. The number of aliphatic hydroxyl groups is 1. The van der Waals surface area contributed by atoms with Gasteiger partial charge >= 0.3 is 0 Å². The number of nitrogens with one attached hydrogen (secondary N) is 2. The summed E-state index contributed by atoms with van der Waals surface area (Å²) in [7, 11) is 0. The number of aliphatic hydroxyl groups excluding tert-OH is 1. The van der Waals surface area contributed by atoms with E-state index in [1.807, 2.05) is 19.2 Å². The summed E-state index contributed by atoms with van der Waals surface area (Å²) in [6.07, 6.45) is 1.67. The number of pyridine rings is 1. The zero-order valence-electron chi connectivity index (χ0n) is 10.0. The van der Waals surface area contributed by atoms with Crippen LogP contribution in [0.25, 0.3) is 0 Å². The molecule has 2 rings (SSSR count). The summed E-state index contributed by atoms with van der Waals surface area (Å²) < 4.78 is 0. The molecule has 1 fully saturated rings. The lowest BCUT2D eigenvalue weighted by Gasteiger charge is -2.13. The molecule has 17 heavy (non-hydrogen) atoms. The monoisotopic (exact) mass is 257 g/mol. The van der Waals surface area contributed by atoms with Crippen LogP contribution in [0.15, 0.2) is 18.3 Å². The van der Waals surface area contributed by atoms with Crippen LogP contribution in [0.4, 0.5) is 0 Å². The van der Waals surface area contributed by atoms with Gasteiger partial charge in [-0.25, -0.2) is 0 Å². The van der Waals surface area contributed by atoms with E-state index in [0.717, 1.165) is 31.9 Å². The molecule has 0 aliphatic carbocycles. The van der Waals surface area contributed by atoms with Crippen LogP contribution in [-0.2, 0) is 6.54 Å². The van der Waals surface area contributed by atoms with Gasteiger partial charge in [0, 0.05) is 38.3 Å². The Labute approximate surface area is 108 Å². The topological polar surface area (TPSA) is 57.2 Å². The molecule has 2 unspecified atom stereocenters. The zero-order valence-corrected chi connectivity index (χ0v) is 10.8. The minimum Gasteiger partial charge on any atom is -0.391 e. The van der Waals surface area contributed by atoms with Crippen molar-refractivity contribution >= 4 is 12.4 Å². The van der Waals surface area contributed by atoms with E-state index < -0.39 is 0 Å². The fourth-order valence-electron chi connectivity index (χ4n) is 1.92. The second kappa shape index (κ2) is 6.91. The lowest BCUT2D eigenvalue weighted by Crippen LogP contribution is -2.30. The van der Waals surface area contributed by atoms with Crippen LogP contribution in [0.1, 0.15) is 11.3 Å². The minimum absolute atomic E-state index is 0. The maximum atomic E-state index is 9.60. The van der Waals surface area contributed by atoms with Gasteiger partial charge in [-0.15, -0.1) is 12.4 Å². The molecule has 0 bridgehead atoms. The fraction of sp³-hybridized carbons (Fsp3) is 0.583. The number of aryl methyl sites for hydroxylation is 1. The average Bonchev–Trinajstić information content (AvgIpc) is 2.68. The van der Waals surface area contributed by atoms with Gasteiger partial charge < -0.3 is 15.7 Å². The van der Waals surface area contributed by atoms with Crippen molar-refractivity contribution in [1.82, 2.24) is 15.6 Å². The molecule has 0 aromatic carbocycles. The Morgan fingerprint density at radius 3 is 2.88 bits per heavy atom.